The average Bonchev–Trinajstić information content (AvgIpc) is 2.63. The lowest BCUT2D eigenvalue weighted by Gasteiger charge is -2.29. The van der Waals surface area contributed by atoms with E-state index < -0.39 is 0 Å². The van der Waals surface area contributed by atoms with Crippen LogP contribution in [0.4, 0.5) is 0 Å². The number of H-pyrrole nitrogens is 1. The summed E-state index contributed by atoms with van der Waals surface area (Å²) in [7, 11) is 4.05. The highest BCUT2D eigenvalue weighted by Gasteiger charge is 2.22. The summed E-state index contributed by atoms with van der Waals surface area (Å²) in [5.41, 5.74) is -0.132. The maximum absolute atomic E-state index is 11.2. The second kappa shape index (κ2) is 5.73. The van der Waals surface area contributed by atoms with Gasteiger partial charge in [-0.25, -0.2) is 9.89 Å². The zero-order valence-corrected chi connectivity index (χ0v) is 11.3. The van der Waals surface area contributed by atoms with Crippen molar-refractivity contribution in [2.24, 2.45) is 7.05 Å². The average molecular weight is 257 g/mol. The highest BCUT2D eigenvalue weighted by Crippen LogP contribution is 2.15. The number of aromatic amines is 1. The van der Waals surface area contributed by atoms with Crippen molar-refractivity contribution in [2.45, 2.75) is 36.9 Å². The molecule has 5 nitrogen and oxygen atoms in total. The maximum atomic E-state index is 11.2. The van der Waals surface area contributed by atoms with E-state index in [0.717, 1.165) is 17.0 Å². The molecule has 1 saturated heterocycles. The Labute approximate surface area is 106 Å². The number of aromatic nitrogens is 3. The third-order valence-electron chi connectivity index (χ3n) is 3.61. The van der Waals surface area contributed by atoms with E-state index in [4.69, 9.17) is 0 Å². The van der Waals surface area contributed by atoms with Gasteiger partial charge in [0.05, 0.1) is 19.6 Å². The van der Waals surface area contributed by atoms with Crippen LogP contribution in [0.5, 0.6) is 0 Å². The molecule has 96 valence electrons. The zero-order chi connectivity index (χ0) is 12.3. The second-order valence-electron chi connectivity index (χ2n) is 4.80. The van der Waals surface area contributed by atoms with Gasteiger partial charge in [0.2, 0.25) is 0 Å². The molecule has 1 aromatic heterocycles. The summed E-state index contributed by atoms with van der Waals surface area (Å²) >= 11 is 1.67. The zero-order valence-electron chi connectivity index (χ0n) is 10.5. The minimum Gasteiger partial charge on any atom is -0.335 e. The molecule has 2 N–H and O–H groups in total. The maximum Gasteiger partial charge on any atom is 0.343 e. The summed E-state index contributed by atoms with van der Waals surface area (Å²) in [6, 6.07) is 0.784. The van der Waals surface area contributed by atoms with Crippen LogP contribution in [0.25, 0.3) is 0 Å². The minimum atomic E-state index is -0.132. The van der Waals surface area contributed by atoms with Gasteiger partial charge in [0.25, 0.3) is 0 Å². The summed E-state index contributed by atoms with van der Waals surface area (Å²) in [6.45, 7) is 1.30. The molecule has 0 aliphatic carbocycles. The van der Waals surface area contributed by atoms with Gasteiger partial charge in [0, 0.05) is 19.2 Å². The Hall–Kier alpha value is -0.750. The molecule has 2 rings (SSSR count). The fraction of sp³-hybridized carbons (Fsp3) is 0.818. The van der Waals surface area contributed by atoms with Crippen molar-refractivity contribution in [3.63, 3.8) is 0 Å². The molecule has 1 aliphatic heterocycles. The molecule has 0 spiro atoms. The lowest BCUT2D eigenvalue weighted by atomic mass is 10.0. The number of thioether (sulfide) groups is 1. The van der Waals surface area contributed by atoms with Crippen molar-refractivity contribution >= 4 is 11.8 Å². The van der Waals surface area contributed by atoms with E-state index in [1.165, 1.54) is 32.2 Å². The highest BCUT2D eigenvalue weighted by molar-refractivity contribution is 7.99. The number of hydrogen-bond acceptors (Lipinski definition) is 3. The summed E-state index contributed by atoms with van der Waals surface area (Å²) in [5, 5.41) is 7.26. The van der Waals surface area contributed by atoms with Gasteiger partial charge in [0.15, 0.2) is 5.16 Å². The first-order valence-electron chi connectivity index (χ1n) is 6.25. The van der Waals surface area contributed by atoms with Crippen LogP contribution in [0.1, 0.15) is 25.7 Å². The fourth-order valence-electron chi connectivity index (χ4n) is 2.39. The third kappa shape index (κ3) is 3.13. The molecular weight excluding hydrogens is 236 g/mol. The molecule has 17 heavy (non-hydrogen) atoms. The Morgan fingerprint density at radius 1 is 1.59 bits per heavy atom. The van der Waals surface area contributed by atoms with E-state index >= 15 is 0 Å². The minimum absolute atomic E-state index is 0.132. The van der Waals surface area contributed by atoms with Gasteiger partial charge in [-0.05, 0) is 19.3 Å². The quantitative estimate of drug-likeness (QED) is 0.726. The summed E-state index contributed by atoms with van der Waals surface area (Å²) in [6.07, 6.45) is 5.28. The molecule has 1 unspecified atom stereocenters. The van der Waals surface area contributed by atoms with Gasteiger partial charge < -0.3 is 4.90 Å². The normalized spacial score (nSPS) is 25.1. The smallest absolute Gasteiger partial charge is 0.335 e. The van der Waals surface area contributed by atoms with Crippen LogP contribution in [0.15, 0.2) is 9.95 Å². The van der Waals surface area contributed by atoms with E-state index in [2.05, 4.69) is 17.2 Å². The second-order valence-corrected chi connectivity index (χ2v) is 5.86. The van der Waals surface area contributed by atoms with Crippen LogP contribution < -0.4 is 10.6 Å². The number of nitrogens with zero attached hydrogens (tertiary/aromatic N) is 2. The van der Waals surface area contributed by atoms with E-state index in [0.29, 0.717) is 0 Å². The van der Waals surface area contributed by atoms with Gasteiger partial charge in [-0.2, -0.15) is 0 Å². The van der Waals surface area contributed by atoms with Gasteiger partial charge in [-0.15, -0.1) is 5.10 Å². The number of rotatable bonds is 4. The number of quaternary nitrogens is 1. The van der Waals surface area contributed by atoms with E-state index in [1.807, 2.05) is 0 Å². The lowest BCUT2D eigenvalue weighted by molar-refractivity contribution is -0.911. The number of piperidine rings is 1. The van der Waals surface area contributed by atoms with Gasteiger partial charge in [-0.1, -0.05) is 11.8 Å². The summed E-state index contributed by atoms with van der Waals surface area (Å²) in [5.74, 6) is 1.04. The van der Waals surface area contributed by atoms with Crippen molar-refractivity contribution in [3.8, 4) is 0 Å². The first-order chi connectivity index (χ1) is 8.18. The van der Waals surface area contributed by atoms with Gasteiger partial charge >= 0.3 is 5.69 Å². The van der Waals surface area contributed by atoms with Gasteiger partial charge in [0.1, 0.15) is 0 Å². The van der Waals surface area contributed by atoms with Crippen molar-refractivity contribution in [2.75, 3.05) is 19.3 Å². The molecule has 6 heteroatoms. The molecule has 1 aromatic rings. The fourth-order valence-corrected chi connectivity index (χ4v) is 3.36. The predicted molar refractivity (Wildman–Crippen MR) is 68.6 cm³/mol. The summed E-state index contributed by atoms with van der Waals surface area (Å²) in [4.78, 5) is 12.8. The molecule has 2 heterocycles. The monoisotopic (exact) mass is 257 g/mol. The molecule has 1 fully saturated rings. The first-order valence-corrected chi connectivity index (χ1v) is 7.23. The molecule has 2 atom stereocenters. The Bertz CT molecular complexity index is 414. The molecule has 0 radical (unpaired) electrons. The van der Waals surface area contributed by atoms with Crippen molar-refractivity contribution in [3.05, 3.63) is 10.5 Å². The Balaban J connectivity index is 1.79. The van der Waals surface area contributed by atoms with Crippen LogP contribution in [-0.2, 0) is 7.05 Å². The molecule has 0 aromatic carbocycles. The Morgan fingerprint density at radius 3 is 3.06 bits per heavy atom. The lowest BCUT2D eigenvalue weighted by Crippen LogP contribution is -3.13. The first kappa shape index (κ1) is 12.7. The van der Waals surface area contributed by atoms with Crippen molar-refractivity contribution in [1.82, 2.24) is 14.8 Å². The van der Waals surface area contributed by atoms with E-state index in [-0.39, 0.29) is 5.69 Å². The summed E-state index contributed by atoms with van der Waals surface area (Å²) < 4.78 is 1.57. The predicted octanol–water partition coefficient (Wildman–Crippen LogP) is -0.342. The molecule has 0 bridgehead atoms. The Morgan fingerprint density at radius 2 is 2.41 bits per heavy atom. The largest absolute Gasteiger partial charge is 0.343 e. The standard InChI is InChI=1S/C11H20N4OS/c1-14-7-4-3-5-9(14)6-8-17-11-13-12-10(16)15(11)2/h9H,3-8H2,1-2H3,(H,12,16)/p+1/t9-/m0/s1. The SMILES string of the molecule is Cn1c(SCC[C@@H]2CCCC[NH+]2C)n[nH]c1=O. The van der Waals surface area contributed by atoms with Crippen molar-refractivity contribution < 1.29 is 4.90 Å². The topological polar surface area (TPSA) is 55.1 Å². The number of hydrogen-bond donors (Lipinski definition) is 2. The number of likely N-dealkylation sites (tertiary alicyclic amines) is 1. The van der Waals surface area contributed by atoms with Crippen LogP contribution >= 0.6 is 11.8 Å². The highest BCUT2D eigenvalue weighted by atomic mass is 32.2. The van der Waals surface area contributed by atoms with Crippen LogP contribution in [0.2, 0.25) is 0 Å². The number of nitrogens with one attached hydrogen (secondary N) is 2. The third-order valence-corrected chi connectivity index (χ3v) is 4.67. The molecule has 0 saturated carbocycles. The van der Waals surface area contributed by atoms with E-state index in [9.17, 15) is 4.79 Å². The molecule has 0 amide bonds. The molecular formula is C11H21N4OS+. The van der Waals surface area contributed by atoms with Crippen LogP contribution in [0, 0.1) is 0 Å². The van der Waals surface area contributed by atoms with Crippen LogP contribution in [-0.4, -0.2) is 40.2 Å². The van der Waals surface area contributed by atoms with Crippen LogP contribution in [0.3, 0.4) is 0 Å². The molecule has 1 aliphatic rings. The van der Waals surface area contributed by atoms with Crippen molar-refractivity contribution in [1.29, 1.82) is 0 Å². The van der Waals surface area contributed by atoms with E-state index in [1.54, 1.807) is 28.3 Å². The Kier molecular flexibility index (Phi) is 4.28. The van der Waals surface area contributed by atoms with Gasteiger partial charge in [-0.3, -0.25) is 4.57 Å².